The molecule has 0 radical (unpaired) electrons. The Morgan fingerprint density at radius 3 is 1.49 bits per heavy atom. The van der Waals surface area contributed by atoms with Gasteiger partial charge in [0.25, 0.3) is 0 Å². The van der Waals surface area contributed by atoms with E-state index in [0.717, 1.165) is 50.4 Å². The molecule has 0 amide bonds. The number of hydrogen-bond donors (Lipinski definition) is 0. The summed E-state index contributed by atoms with van der Waals surface area (Å²) in [5, 5.41) is 4.54. The minimum Gasteiger partial charge on any atom is -0.469 e. The maximum Gasteiger partial charge on any atom is 0.197 e. The van der Waals surface area contributed by atoms with E-state index in [1.807, 2.05) is 0 Å². The highest BCUT2D eigenvalue weighted by molar-refractivity contribution is 6.18. The molecule has 1 heterocycles. The van der Waals surface area contributed by atoms with E-state index >= 15 is 0 Å². The van der Waals surface area contributed by atoms with Gasteiger partial charge < -0.3 is 14.5 Å². The highest BCUT2D eigenvalue weighted by atomic mass is 16.5. The third-order valence-corrected chi connectivity index (χ3v) is 7.48. The summed E-state index contributed by atoms with van der Waals surface area (Å²) in [6, 6.07) is 34.2. The average Bonchev–Trinajstić information content (AvgIpc) is 2.93. The summed E-state index contributed by atoms with van der Waals surface area (Å²) in [6.07, 6.45) is 0. The topological polar surface area (TPSA) is 28.1 Å². The van der Waals surface area contributed by atoms with Crippen molar-refractivity contribution < 1.29 is 4.74 Å². The quantitative estimate of drug-likeness (QED) is 0.246. The fraction of sp³-hybridized carbons (Fsp3) is 0.182. The van der Waals surface area contributed by atoms with Crippen molar-refractivity contribution in [2.24, 2.45) is 4.99 Å². The van der Waals surface area contributed by atoms with Crippen LogP contribution in [0.15, 0.2) is 102 Å². The molecule has 0 aromatic heterocycles. The minimum absolute atomic E-state index is 0.827. The Balaban J connectivity index is 1.66. The number of benzene rings is 5. The third-order valence-electron chi connectivity index (χ3n) is 7.48. The van der Waals surface area contributed by atoms with Gasteiger partial charge in [0.1, 0.15) is 5.69 Å². The van der Waals surface area contributed by atoms with Crippen LogP contribution in [-0.2, 0) is 5.60 Å². The van der Waals surface area contributed by atoms with Crippen LogP contribution in [-0.4, -0.2) is 33.9 Å². The highest BCUT2D eigenvalue weighted by Crippen LogP contribution is 2.51. The lowest BCUT2D eigenvalue weighted by atomic mass is 9.80. The second kappa shape index (κ2) is 8.67. The van der Waals surface area contributed by atoms with Crippen LogP contribution in [0, 0.1) is 0 Å². The van der Waals surface area contributed by atoms with Gasteiger partial charge >= 0.3 is 0 Å². The highest BCUT2D eigenvalue weighted by Gasteiger charge is 2.44. The number of aliphatic imine (C=N–C) groups is 1. The first-order valence-electron chi connectivity index (χ1n) is 12.6. The van der Waals surface area contributed by atoms with Crippen LogP contribution in [0.2, 0.25) is 0 Å². The van der Waals surface area contributed by atoms with Crippen LogP contribution < -0.4 is 14.5 Å². The standard InChI is InChI=1S/C33H31N3O/c1-22-33(23-14-18-25(19-15-23)35(2)3,24-16-20-26(21-17-24)36(4)5)37-32-30-13-9-7-11-28(30)27-10-6-8-12-29(27)31(32)34-22/h6-21H,1-5H3. The van der Waals surface area contributed by atoms with Gasteiger partial charge in [-0.15, -0.1) is 0 Å². The molecule has 0 saturated carbocycles. The van der Waals surface area contributed by atoms with Crippen LogP contribution in [0.1, 0.15) is 18.1 Å². The Kier molecular flexibility index (Phi) is 5.41. The molecule has 6 rings (SSSR count). The molecule has 4 nitrogen and oxygen atoms in total. The largest absolute Gasteiger partial charge is 0.469 e. The summed E-state index contributed by atoms with van der Waals surface area (Å²) in [5.74, 6) is 0.827. The Morgan fingerprint density at radius 1 is 0.568 bits per heavy atom. The van der Waals surface area contributed by atoms with E-state index in [0.29, 0.717) is 0 Å². The number of anilines is 2. The first-order valence-corrected chi connectivity index (χ1v) is 12.6. The number of ether oxygens (including phenoxy) is 1. The molecule has 37 heavy (non-hydrogen) atoms. The van der Waals surface area contributed by atoms with Gasteiger partial charge in [-0.3, -0.25) is 0 Å². The molecule has 5 aromatic carbocycles. The maximum absolute atomic E-state index is 7.27. The van der Waals surface area contributed by atoms with Crippen LogP contribution in [0.5, 0.6) is 5.75 Å². The van der Waals surface area contributed by atoms with Crippen molar-refractivity contribution in [3.63, 3.8) is 0 Å². The van der Waals surface area contributed by atoms with Gasteiger partial charge in [-0.25, -0.2) is 4.99 Å². The SMILES string of the molecule is CC1=Nc2c(c3ccccc3c3ccccc23)OC1(c1ccc(N(C)C)cc1)c1ccc(N(C)C)cc1. The van der Waals surface area contributed by atoms with Gasteiger partial charge in [0.2, 0.25) is 0 Å². The fourth-order valence-corrected chi connectivity index (χ4v) is 5.47. The van der Waals surface area contributed by atoms with Crippen LogP contribution >= 0.6 is 0 Å². The molecule has 0 atom stereocenters. The van der Waals surface area contributed by atoms with Gasteiger partial charge in [-0.05, 0) is 42.0 Å². The molecule has 1 aliphatic rings. The Morgan fingerprint density at radius 2 is 1.00 bits per heavy atom. The number of fused-ring (bicyclic) bond motifs is 6. The maximum atomic E-state index is 7.27. The van der Waals surface area contributed by atoms with E-state index in [4.69, 9.17) is 9.73 Å². The lowest BCUT2D eigenvalue weighted by Gasteiger charge is -2.39. The molecule has 0 saturated heterocycles. The van der Waals surface area contributed by atoms with Gasteiger partial charge in [0, 0.05) is 61.5 Å². The summed E-state index contributed by atoms with van der Waals surface area (Å²) in [4.78, 5) is 9.54. The molecule has 0 aliphatic carbocycles. The Bertz CT molecular complexity index is 1600. The number of nitrogens with zero attached hydrogens (tertiary/aromatic N) is 3. The predicted octanol–water partition coefficient (Wildman–Crippen LogP) is 7.55. The van der Waals surface area contributed by atoms with E-state index in [-0.39, 0.29) is 0 Å². The smallest absolute Gasteiger partial charge is 0.197 e. The molecule has 1 aliphatic heterocycles. The van der Waals surface area contributed by atoms with E-state index < -0.39 is 5.60 Å². The Labute approximate surface area is 218 Å². The fourth-order valence-electron chi connectivity index (χ4n) is 5.47. The molecule has 5 aromatic rings. The van der Waals surface area contributed by atoms with Crippen molar-refractivity contribution in [2.75, 3.05) is 38.0 Å². The summed E-state index contributed by atoms with van der Waals surface area (Å²) in [7, 11) is 8.23. The normalized spacial score (nSPS) is 14.1. The minimum atomic E-state index is -0.853. The number of hydrogen-bond acceptors (Lipinski definition) is 4. The monoisotopic (exact) mass is 485 g/mol. The summed E-state index contributed by atoms with van der Waals surface area (Å²) in [6.45, 7) is 2.09. The molecule has 0 unspecified atom stereocenters. The van der Waals surface area contributed by atoms with Crippen LogP contribution in [0.3, 0.4) is 0 Å². The zero-order valence-electron chi connectivity index (χ0n) is 22.0. The van der Waals surface area contributed by atoms with Crippen molar-refractivity contribution in [3.05, 3.63) is 108 Å². The second-order valence-corrected chi connectivity index (χ2v) is 10.1. The molecule has 0 fully saturated rings. The van der Waals surface area contributed by atoms with Gasteiger partial charge in [0.15, 0.2) is 11.4 Å². The Hall–Kier alpha value is -4.31. The zero-order valence-corrected chi connectivity index (χ0v) is 22.0. The average molecular weight is 486 g/mol. The predicted molar refractivity (Wildman–Crippen MR) is 157 cm³/mol. The summed E-state index contributed by atoms with van der Waals surface area (Å²) < 4.78 is 7.27. The van der Waals surface area contributed by atoms with E-state index in [9.17, 15) is 0 Å². The van der Waals surface area contributed by atoms with Crippen molar-refractivity contribution >= 4 is 44.3 Å². The first-order chi connectivity index (χ1) is 17.9. The van der Waals surface area contributed by atoms with E-state index in [1.165, 1.54) is 10.8 Å². The first kappa shape index (κ1) is 23.1. The molecular formula is C33H31N3O. The van der Waals surface area contributed by atoms with Gasteiger partial charge in [-0.2, -0.15) is 0 Å². The molecule has 0 N–H and O–H groups in total. The van der Waals surface area contributed by atoms with Crippen molar-refractivity contribution in [2.45, 2.75) is 12.5 Å². The van der Waals surface area contributed by atoms with Crippen LogP contribution in [0.25, 0.3) is 21.5 Å². The number of rotatable bonds is 4. The molecule has 4 heteroatoms. The van der Waals surface area contributed by atoms with Gasteiger partial charge in [0.05, 0.1) is 5.71 Å². The summed E-state index contributed by atoms with van der Waals surface area (Å²) in [5.41, 5.74) is 5.36. The van der Waals surface area contributed by atoms with E-state index in [1.54, 1.807) is 0 Å². The van der Waals surface area contributed by atoms with Crippen molar-refractivity contribution in [1.29, 1.82) is 0 Å². The second-order valence-electron chi connectivity index (χ2n) is 10.1. The molecule has 0 spiro atoms. The van der Waals surface area contributed by atoms with Crippen LogP contribution in [0.4, 0.5) is 17.1 Å². The van der Waals surface area contributed by atoms with Gasteiger partial charge in [-0.1, -0.05) is 72.8 Å². The zero-order chi connectivity index (χ0) is 25.7. The molecule has 0 bridgehead atoms. The molecular weight excluding hydrogens is 454 g/mol. The summed E-state index contributed by atoms with van der Waals surface area (Å²) >= 11 is 0. The lowest BCUT2D eigenvalue weighted by Crippen LogP contribution is -2.43. The lowest BCUT2D eigenvalue weighted by molar-refractivity contribution is 0.183. The third kappa shape index (κ3) is 3.55. The van der Waals surface area contributed by atoms with E-state index in [2.05, 4.69) is 142 Å². The van der Waals surface area contributed by atoms with Crippen molar-refractivity contribution in [3.8, 4) is 5.75 Å². The van der Waals surface area contributed by atoms with Crippen molar-refractivity contribution in [1.82, 2.24) is 0 Å². The molecule has 184 valence electrons.